The Bertz CT molecular complexity index is 468. The standard InChI is InChI=1S/C13H16ClN3O/c1-3-9(2)16-8-13(18)17-12-6-11(14)5-4-10(12)7-15/h4-6,9,16H,3,8H2,1-2H3,(H,17,18). The van der Waals surface area contributed by atoms with Crippen LogP contribution in [0.4, 0.5) is 5.69 Å². The van der Waals surface area contributed by atoms with Gasteiger partial charge in [-0.3, -0.25) is 4.79 Å². The quantitative estimate of drug-likeness (QED) is 0.860. The minimum Gasteiger partial charge on any atom is -0.324 e. The van der Waals surface area contributed by atoms with Gasteiger partial charge in [0.05, 0.1) is 17.8 Å². The minimum absolute atomic E-state index is 0.186. The lowest BCUT2D eigenvalue weighted by Crippen LogP contribution is -2.34. The molecule has 0 aliphatic rings. The van der Waals surface area contributed by atoms with Crippen LogP contribution in [-0.2, 0) is 4.79 Å². The fourth-order valence-electron chi connectivity index (χ4n) is 1.32. The molecule has 0 fully saturated rings. The van der Waals surface area contributed by atoms with Crippen LogP contribution in [-0.4, -0.2) is 18.5 Å². The van der Waals surface area contributed by atoms with Crippen molar-refractivity contribution < 1.29 is 4.79 Å². The lowest BCUT2D eigenvalue weighted by molar-refractivity contribution is -0.115. The molecule has 2 N–H and O–H groups in total. The molecule has 1 aromatic rings. The molecule has 1 rings (SSSR count). The molecule has 1 atom stereocenters. The Labute approximate surface area is 112 Å². The summed E-state index contributed by atoms with van der Waals surface area (Å²) in [6.07, 6.45) is 0.952. The van der Waals surface area contributed by atoms with Gasteiger partial charge < -0.3 is 10.6 Å². The third-order valence-corrected chi connectivity index (χ3v) is 2.83. The maximum absolute atomic E-state index is 11.7. The van der Waals surface area contributed by atoms with Crippen molar-refractivity contribution >= 4 is 23.2 Å². The van der Waals surface area contributed by atoms with E-state index in [0.717, 1.165) is 6.42 Å². The number of hydrogen-bond donors (Lipinski definition) is 2. The van der Waals surface area contributed by atoms with Crippen molar-refractivity contribution in [1.29, 1.82) is 5.26 Å². The molecule has 0 bridgehead atoms. The summed E-state index contributed by atoms with van der Waals surface area (Å²) in [4.78, 5) is 11.7. The molecule has 0 radical (unpaired) electrons. The zero-order valence-corrected chi connectivity index (χ0v) is 11.2. The number of nitrogens with one attached hydrogen (secondary N) is 2. The Hall–Kier alpha value is -1.57. The second-order valence-electron chi connectivity index (χ2n) is 4.04. The van der Waals surface area contributed by atoms with Gasteiger partial charge in [0, 0.05) is 11.1 Å². The molecule has 0 aliphatic heterocycles. The molecule has 0 heterocycles. The van der Waals surface area contributed by atoms with Gasteiger partial charge in [-0.2, -0.15) is 5.26 Å². The highest BCUT2D eigenvalue weighted by Crippen LogP contribution is 2.20. The van der Waals surface area contributed by atoms with Crippen LogP contribution in [0, 0.1) is 11.3 Å². The van der Waals surface area contributed by atoms with E-state index in [0.29, 0.717) is 16.3 Å². The summed E-state index contributed by atoms with van der Waals surface area (Å²) < 4.78 is 0. The van der Waals surface area contributed by atoms with Gasteiger partial charge in [-0.1, -0.05) is 18.5 Å². The molecule has 0 spiro atoms. The summed E-state index contributed by atoms with van der Waals surface area (Å²) in [6, 6.07) is 7.07. The fraction of sp³-hybridized carbons (Fsp3) is 0.385. The Morgan fingerprint density at radius 2 is 2.28 bits per heavy atom. The molecule has 5 heteroatoms. The zero-order chi connectivity index (χ0) is 13.5. The molecular formula is C13H16ClN3O. The average molecular weight is 266 g/mol. The highest BCUT2D eigenvalue weighted by atomic mass is 35.5. The van der Waals surface area contributed by atoms with Crippen LogP contribution in [0.1, 0.15) is 25.8 Å². The van der Waals surface area contributed by atoms with Crippen LogP contribution >= 0.6 is 11.6 Å². The highest BCUT2D eigenvalue weighted by Gasteiger charge is 2.08. The maximum Gasteiger partial charge on any atom is 0.238 e. The SMILES string of the molecule is CCC(C)NCC(=O)Nc1cc(Cl)ccc1C#N. The minimum atomic E-state index is -0.186. The van der Waals surface area contributed by atoms with Crippen LogP contribution in [0.15, 0.2) is 18.2 Å². The number of carbonyl (C=O) groups excluding carboxylic acids is 1. The summed E-state index contributed by atoms with van der Waals surface area (Å²) in [5.74, 6) is -0.186. The van der Waals surface area contributed by atoms with E-state index >= 15 is 0 Å². The van der Waals surface area contributed by atoms with Gasteiger partial charge in [0.2, 0.25) is 5.91 Å². The van der Waals surface area contributed by atoms with E-state index in [1.54, 1.807) is 18.2 Å². The average Bonchev–Trinajstić information content (AvgIpc) is 2.36. The first-order valence-electron chi connectivity index (χ1n) is 5.79. The molecule has 0 saturated heterocycles. The van der Waals surface area contributed by atoms with Crippen molar-refractivity contribution in [2.45, 2.75) is 26.3 Å². The summed E-state index contributed by atoms with van der Waals surface area (Å²) in [6.45, 7) is 4.26. The fourth-order valence-corrected chi connectivity index (χ4v) is 1.50. The molecule has 96 valence electrons. The largest absolute Gasteiger partial charge is 0.324 e. The maximum atomic E-state index is 11.7. The summed E-state index contributed by atoms with van der Waals surface area (Å²) in [7, 11) is 0. The Morgan fingerprint density at radius 3 is 2.89 bits per heavy atom. The number of rotatable bonds is 5. The van der Waals surface area contributed by atoms with Crippen LogP contribution in [0.3, 0.4) is 0 Å². The predicted octanol–water partition coefficient (Wildman–Crippen LogP) is 2.54. The molecule has 18 heavy (non-hydrogen) atoms. The number of halogens is 1. The second-order valence-corrected chi connectivity index (χ2v) is 4.48. The van der Waals surface area contributed by atoms with Gasteiger partial charge in [0.15, 0.2) is 0 Å². The predicted molar refractivity (Wildman–Crippen MR) is 72.6 cm³/mol. The van der Waals surface area contributed by atoms with Crippen LogP contribution in [0.5, 0.6) is 0 Å². The number of benzene rings is 1. The van der Waals surface area contributed by atoms with E-state index in [9.17, 15) is 4.79 Å². The third-order valence-electron chi connectivity index (χ3n) is 2.60. The Balaban J connectivity index is 2.64. The second kappa shape index (κ2) is 7.00. The van der Waals surface area contributed by atoms with Crippen molar-refractivity contribution in [2.24, 2.45) is 0 Å². The molecule has 0 aromatic heterocycles. The highest BCUT2D eigenvalue weighted by molar-refractivity contribution is 6.31. The van der Waals surface area contributed by atoms with Crippen molar-refractivity contribution in [3.05, 3.63) is 28.8 Å². The molecule has 4 nitrogen and oxygen atoms in total. The van der Waals surface area contributed by atoms with Gasteiger partial charge in [-0.25, -0.2) is 0 Å². The molecule has 0 saturated carbocycles. The monoisotopic (exact) mass is 265 g/mol. The van der Waals surface area contributed by atoms with Gasteiger partial charge in [-0.05, 0) is 31.5 Å². The van der Waals surface area contributed by atoms with E-state index in [4.69, 9.17) is 16.9 Å². The van der Waals surface area contributed by atoms with E-state index in [2.05, 4.69) is 10.6 Å². The number of nitriles is 1. The van der Waals surface area contributed by atoms with Gasteiger partial charge >= 0.3 is 0 Å². The summed E-state index contributed by atoms with van der Waals surface area (Å²) >= 11 is 5.83. The Morgan fingerprint density at radius 1 is 1.56 bits per heavy atom. The van der Waals surface area contributed by atoms with E-state index in [1.807, 2.05) is 19.9 Å². The van der Waals surface area contributed by atoms with Crippen molar-refractivity contribution in [3.8, 4) is 6.07 Å². The van der Waals surface area contributed by atoms with E-state index in [1.165, 1.54) is 0 Å². The van der Waals surface area contributed by atoms with E-state index < -0.39 is 0 Å². The summed E-state index contributed by atoms with van der Waals surface area (Å²) in [5, 5.41) is 15.2. The number of hydrogen-bond acceptors (Lipinski definition) is 3. The number of anilines is 1. The topological polar surface area (TPSA) is 64.9 Å². The van der Waals surface area contributed by atoms with Crippen molar-refractivity contribution in [3.63, 3.8) is 0 Å². The summed E-state index contributed by atoms with van der Waals surface area (Å²) in [5.41, 5.74) is 0.845. The zero-order valence-electron chi connectivity index (χ0n) is 10.5. The molecule has 0 aliphatic carbocycles. The Kier molecular flexibility index (Phi) is 5.63. The van der Waals surface area contributed by atoms with E-state index in [-0.39, 0.29) is 18.5 Å². The first kappa shape index (κ1) is 14.5. The number of carbonyl (C=O) groups is 1. The number of amides is 1. The van der Waals surface area contributed by atoms with Crippen molar-refractivity contribution in [1.82, 2.24) is 5.32 Å². The van der Waals surface area contributed by atoms with Gasteiger partial charge in [-0.15, -0.1) is 0 Å². The molecule has 1 amide bonds. The third kappa shape index (κ3) is 4.36. The molecule has 1 aromatic carbocycles. The smallest absolute Gasteiger partial charge is 0.238 e. The van der Waals surface area contributed by atoms with Gasteiger partial charge in [0.25, 0.3) is 0 Å². The lowest BCUT2D eigenvalue weighted by Gasteiger charge is -2.12. The lowest BCUT2D eigenvalue weighted by atomic mass is 10.2. The molecular weight excluding hydrogens is 250 g/mol. The number of nitrogens with zero attached hydrogens (tertiary/aromatic N) is 1. The van der Waals surface area contributed by atoms with Crippen LogP contribution < -0.4 is 10.6 Å². The van der Waals surface area contributed by atoms with Crippen molar-refractivity contribution in [2.75, 3.05) is 11.9 Å². The van der Waals surface area contributed by atoms with Crippen LogP contribution in [0.25, 0.3) is 0 Å². The molecule has 1 unspecified atom stereocenters. The van der Waals surface area contributed by atoms with Gasteiger partial charge in [0.1, 0.15) is 6.07 Å². The first-order valence-corrected chi connectivity index (χ1v) is 6.17. The normalized spacial score (nSPS) is 11.7. The van der Waals surface area contributed by atoms with Crippen LogP contribution in [0.2, 0.25) is 5.02 Å². The first-order chi connectivity index (χ1) is 8.56.